The van der Waals surface area contributed by atoms with Gasteiger partial charge in [0.1, 0.15) is 0 Å². The zero-order chi connectivity index (χ0) is 20.4. The van der Waals surface area contributed by atoms with Crippen molar-refractivity contribution < 1.29 is 14.4 Å². The Morgan fingerprint density at radius 3 is 2.52 bits per heavy atom. The molecule has 2 aliphatic heterocycles. The van der Waals surface area contributed by atoms with E-state index in [0.717, 1.165) is 11.3 Å². The average Bonchev–Trinajstić information content (AvgIpc) is 3.38. The Bertz CT molecular complexity index is 889. The first-order valence-electron chi connectivity index (χ1n) is 9.87. The Kier molecular flexibility index (Phi) is 5.62. The van der Waals surface area contributed by atoms with E-state index >= 15 is 0 Å². The second kappa shape index (κ2) is 8.32. The number of anilines is 2. The summed E-state index contributed by atoms with van der Waals surface area (Å²) in [6.45, 7) is 3.52. The quantitative estimate of drug-likeness (QED) is 0.837. The van der Waals surface area contributed by atoms with E-state index in [9.17, 15) is 14.4 Å². The fourth-order valence-corrected chi connectivity index (χ4v) is 4.49. The Balaban J connectivity index is 1.31. The van der Waals surface area contributed by atoms with Gasteiger partial charge in [-0.15, -0.1) is 11.3 Å². The normalized spacial score (nSPS) is 20.2. The van der Waals surface area contributed by atoms with Gasteiger partial charge in [-0.25, -0.2) is 4.98 Å². The molecule has 0 unspecified atom stereocenters. The molecule has 1 N–H and O–H groups in total. The average molecular weight is 413 g/mol. The summed E-state index contributed by atoms with van der Waals surface area (Å²) in [5.74, 6) is -0.452. The van der Waals surface area contributed by atoms with Crippen molar-refractivity contribution in [3.05, 3.63) is 41.4 Å². The number of rotatable bonds is 4. The maximum Gasteiger partial charge on any atom is 0.229 e. The van der Waals surface area contributed by atoms with Crippen molar-refractivity contribution in [2.45, 2.75) is 26.2 Å². The molecule has 3 amide bonds. The van der Waals surface area contributed by atoms with E-state index in [1.807, 2.05) is 41.5 Å². The van der Waals surface area contributed by atoms with Crippen LogP contribution in [0.15, 0.2) is 35.8 Å². The highest BCUT2D eigenvalue weighted by atomic mass is 32.1. The molecule has 4 rings (SSSR count). The van der Waals surface area contributed by atoms with Crippen LogP contribution in [0.1, 0.15) is 24.8 Å². The highest BCUT2D eigenvalue weighted by Gasteiger charge is 2.38. The predicted molar refractivity (Wildman–Crippen MR) is 112 cm³/mol. The minimum absolute atomic E-state index is 0.00934. The summed E-state index contributed by atoms with van der Waals surface area (Å²) in [7, 11) is 0. The van der Waals surface area contributed by atoms with Gasteiger partial charge in [-0.1, -0.05) is 17.7 Å². The number of carbonyl (C=O) groups excluding carboxylic acids is 3. The number of carbonyl (C=O) groups is 3. The molecular weight excluding hydrogens is 388 g/mol. The first-order chi connectivity index (χ1) is 14.0. The fourth-order valence-electron chi connectivity index (χ4n) is 3.96. The molecule has 0 aliphatic carbocycles. The van der Waals surface area contributed by atoms with Crippen molar-refractivity contribution in [2.24, 2.45) is 11.8 Å². The standard InChI is InChI=1S/C21H24N4O3S/c1-14-2-4-17(5-3-14)25-13-16(12-18(25)26)20(28)24-9-6-15(7-10-24)19(27)23-21-22-8-11-29-21/h2-5,8,11,15-16H,6-7,9-10,12-13H2,1H3,(H,22,23,27)/t16-/m0/s1. The van der Waals surface area contributed by atoms with Crippen LogP contribution in [0.25, 0.3) is 0 Å². The van der Waals surface area contributed by atoms with Gasteiger partial charge in [0.05, 0.1) is 5.92 Å². The number of thiazole rings is 1. The lowest BCUT2D eigenvalue weighted by Crippen LogP contribution is -2.44. The zero-order valence-corrected chi connectivity index (χ0v) is 17.2. The number of hydrogen-bond donors (Lipinski definition) is 1. The summed E-state index contributed by atoms with van der Waals surface area (Å²) in [4.78, 5) is 45.4. The van der Waals surface area contributed by atoms with Crippen molar-refractivity contribution in [3.8, 4) is 0 Å². The van der Waals surface area contributed by atoms with Crippen molar-refractivity contribution in [1.82, 2.24) is 9.88 Å². The molecule has 2 fully saturated rings. The molecule has 2 aliphatic rings. The van der Waals surface area contributed by atoms with E-state index < -0.39 is 0 Å². The van der Waals surface area contributed by atoms with Gasteiger partial charge in [-0.05, 0) is 31.9 Å². The molecular formula is C21H24N4O3S. The van der Waals surface area contributed by atoms with E-state index in [4.69, 9.17) is 0 Å². The molecule has 2 aromatic rings. The van der Waals surface area contributed by atoms with E-state index in [1.54, 1.807) is 11.1 Å². The summed E-state index contributed by atoms with van der Waals surface area (Å²) >= 11 is 1.39. The van der Waals surface area contributed by atoms with Crippen LogP contribution in [0.2, 0.25) is 0 Å². The second-order valence-corrected chi connectivity index (χ2v) is 8.56. The molecule has 0 spiro atoms. The SMILES string of the molecule is Cc1ccc(N2C[C@@H](C(=O)N3CCC(C(=O)Nc4nccs4)CC3)CC2=O)cc1. The molecule has 2 saturated heterocycles. The highest BCUT2D eigenvalue weighted by Crippen LogP contribution is 2.28. The number of aryl methyl sites for hydroxylation is 1. The minimum atomic E-state index is -0.315. The fraction of sp³-hybridized carbons (Fsp3) is 0.429. The third kappa shape index (κ3) is 4.32. The first-order valence-corrected chi connectivity index (χ1v) is 10.8. The Labute approximate surface area is 173 Å². The predicted octanol–water partition coefficient (Wildman–Crippen LogP) is 2.68. The monoisotopic (exact) mass is 412 g/mol. The smallest absolute Gasteiger partial charge is 0.229 e. The largest absolute Gasteiger partial charge is 0.342 e. The van der Waals surface area contributed by atoms with E-state index in [-0.39, 0.29) is 36.0 Å². The molecule has 1 aromatic heterocycles. The summed E-state index contributed by atoms with van der Waals surface area (Å²) in [6.07, 6.45) is 3.16. The number of hydrogen-bond acceptors (Lipinski definition) is 5. The lowest BCUT2D eigenvalue weighted by Gasteiger charge is -2.32. The van der Waals surface area contributed by atoms with Gasteiger partial charge >= 0.3 is 0 Å². The van der Waals surface area contributed by atoms with Crippen molar-refractivity contribution >= 4 is 39.9 Å². The van der Waals surface area contributed by atoms with E-state index in [0.29, 0.717) is 37.6 Å². The molecule has 0 radical (unpaired) electrons. The first kappa shape index (κ1) is 19.6. The number of piperidine rings is 1. The van der Waals surface area contributed by atoms with Crippen LogP contribution in [0.5, 0.6) is 0 Å². The van der Waals surface area contributed by atoms with Crippen LogP contribution in [0.3, 0.4) is 0 Å². The van der Waals surface area contributed by atoms with Gasteiger partial charge in [-0.2, -0.15) is 0 Å². The summed E-state index contributed by atoms with van der Waals surface area (Å²) in [6, 6.07) is 7.79. The van der Waals surface area contributed by atoms with Crippen LogP contribution < -0.4 is 10.2 Å². The Morgan fingerprint density at radius 1 is 1.14 bits per heavy atom. The van der Waals surface area contributed by atoms with E-state index in [1.165, 1.54) is 11.3 Å². The van der Waals surface area contributed by atoms with Crippen molar-refractivity contribution in [1.29, 1.82) is 0 Å². The highest BCUT2D eigenvalue weighted by molar-refractivity contribution is 7.13. The molecule has 8 heteroatoms. The number of aromatic nitrogens is 1. The molecule has 0 bridgehead atoms. The number of benzene rings is 1. The molecule has 1 atom stereocenters. The number of nitrogens with one attached hydrogen (secondary N) is 1. The summed E-state index contributed by atoms with van der Waals surface area (Å²) < 4.78 is 0. The second-order valence-electron chi connectivity index (χ2n) is 7.67. The maximum atomic E-state index is 12.9. The van der Waals surface area contributed by atoms with Gasteiger partial charge in [0.15, 0.2) is 5.13 Å². The Morgan fingerprint density at radius 2 is 1.86 bits per heavy atom. The van der Waals surface area contributed by atoms with Gasteiger partial charge in [0.2, 0.25) is 17.7 Å². The van der Waals surface area contributed by atoms with Gasteiger partial charge in [0, 0.05) is 49.2 Å². The topological polar surface area (TPSA) is 82.6 Å². The van der Waals surface area contributed by atoms with Crippen molar-refractivity contribution in [2.75, 3.05) is 29.9 Å². The molecule has 7 nitrogen and oxygen atoms in total. The van der Waals surface area contributed by atoms with Gasteiger partial charge < -0.3 is 15.1 Å². The van der Waals surface area contributed by atoms with Gasteiger partial charge in [-0.3, -0.25) is 14.4 Å². The number of likely N-dealkylation sites (tertiary alicyclic amines) is 1. The zero-order valence-electron chi connectivity index (χ0n) is 16.3. The number of amides is 3. The molecule has 0 saturated carbocycles. The summed E-state index contributed by atoms with van der Waals surface area (Å²) in [5, 5.41) is 5.26. The minimum Gasteiger partial charge on any atom is -0.342 e. The maximum absolute atomic E-state index is 12.9. The van der Waals surface area contributed by atoms with Crippen LogP contribution in [0, 0.1) is 18.8 Å². The van der Waals surface area contributed by atoms with Crippen LogP contribution in [-0.4, -0.2) is 47.2 Å². The van der Waals surface area contributed by atoms with E-state index in [2.05, 4.69) is 10.3 Å². The third-order valence-electron chi connectivity index (χ3n) is 5.66. The summed E-state index contributed by atoms with van der Waals surface area (Å²) in [5.41, 5.74) is 1.98. The molecule has 152 valence electrons. The molecule has 1 aromatic carbocycles. The molecule has 29 heavy (non-hydrogen) atoms. The van der Waals surface area contributed by atoms with Crippen LogP contribution in [0.4, 0.5) is 10.8 Å². The lowest BCUT2D eigenvalue weighted by atomic mass is 9.94. The Hall–Kier alpha value is -2.74. The molecule has 3 heterocycles. The lowest BCUT2D eigenvalue weighted by molar-refractivity contribution is -0.138. The van der Waals surface area contributed by atoms with Crippen LogP contribution in [-0.2, 0) is 14.4 Å². The third-order valence-corrected chi connectivity index (χ3v) is 6.35. The van der Waals surface area contributed by atoms with Crippen molar-refractivity contribution in [3.63, 3.8) is 0 Å². The van der Waals surface area contributed by atoms with Gasteiger partial charge in [0.25, 0.3) is 0 Å². The number of nitrogens with zero attached hydrogens (tertiary/aromatic N) is 3. The van der Waals surface area contributed by atoms with Crippen LogP contribution >= 0.6 is 11.3 Å².